The van der Waals surface area contributed by atoms with Gasteiger partial charge in [-0.05, 0) is 19.4 Å². The van der Waals surface area contributed by atoms with Crippen molar-refractivity contribution in [2.75, 3.05) is 31.1 Å². The lowest BCUT2D eigenvalue weighted by atomic mass is 9.71. The smallest absolute Gasteiger partial charge is 0.151 e. The highest BCUT2D eigenvalue weighted by Crippen LogP contribution is 2.44. The van der Waals surface area contributed by atoms with Gasteiger partial charge in [0.15, 0.2) is 9.84 Å². The lowest BCUT2D eigenvalue weighted by molar-refractivity contribution is -0.0506. The van der Waals surface area contributed by atoms with Gasteiger partial charge in [-0.25, -0.2) is 8.42 Å². The fraction of sp³-hybridized carbons (Fsp3) is 1.00. The van der Waals surface area contributed by atoms with Crippen molar-refractivity contribution in [3.63, 3.8) is 0 Å². The van der Waals surface area contributed by atoms with Crippen LogP contribution in [0.1, 0.15) is 12.8 Å². The zero-order chi connectivity index (χ0) is 11.2. The Morgan fingerprint density at radius 1 is 1.40 bits per heavy atom. The first kappa shape index (κ1) is 11.3. The number of rotatable bonds is 2. The molecule has 5 nitrogen and oxygen atoms in total. The molecule has 0 aromatic heterocycles. The first-order valence-electron chi connectivity index (χ1n) is 5.27. The predicted molar refractivity (Wildman–Crippen MR) is 57.2 cm³/mol. The molecule has 2 unspecified atom stereocenters. The van der Waals surface area contributed by atoms with Gasteiger partial charge in [-0.1, -0.05) is 0 Å². The minimum absolute atomic E-state index is 0.0364. The molecule has 2 saturated heterocycles. The predicted octanol–water partition coefficient (Wildman–Crippen LogP) is -1.53. The largest absolute Gasteiger partial charge is 0.388 e. The third-order valence-electron chi connectivity index (χ3n) is 3.90. The van der Waals surface area contributed by atoms with E-state index in [4.69, 9.17) is 5.73 Å². The molecular weight excluding hydrogens is 216 g/mol. The second-order valence-corrected chi connectivity index (χ2v) is 6.97. The topological polar surface area (TPSA) is 92.4 Å². The normalized spacial score (nSPS) is 44.7. The zero-order valence-electron chi connectivity index (χ0n) is 8.70. The van der Waals surface area contributed by atoms with Crippen LogP contribution in [0.4, 0.5) is 0 Å². The van der Waals surface area contributed by atoms with E-state index in [1.54, 1.807) is 0 Å². The van der Waals surface area contributed by atoms with Crippen LogP contribution in [0.15, 0.2) is 0 Å². The maximum atomic E-state index is 11.5. The summed E-state index contributed by atoms with van der Waals surface area (Å²) in [5.74, 6) is 0.196. The molecule has 2 fully saturated rings. The average Bonchev–Trinajstić information content (AvgIpc) is 2.72. The maximum Gasteiger partial charge on any atom is 0.151 e. The van der Waals surface area contributed by atoms with Crippen LogP contribution in [0.5, 0.6) is 0 Å². The summed E-state index contributed by atoms with van der Waals surface area (Å²) in [6, 6.07) is 0. The van der Waals surface area contributed by atoms with E-state index in [0.29, 0.717) is 19.4 Å². The quantitative estimate of drug-likeness (QED) is 0.539. The van der Waals surface area contributed by atoms with Crippen molar-refractivity contribution in [3.8, 4) is 0 Å². The Labute approximate surface area is 90.0 Å². The Morgan fingerprint density at radius 3 is 2.53 bits per heavy atom. The molecule has 0 radical (unpaired) electrons. The van der Waals surface area contributed by atoms with Crippen molar-refractivity contribution in [2.45, 2.75) is 18.4 Å². The number of nitrogens with one attached hydrogen (secondary N) is 1. The lowest BCUT2D eigenvalue weighted by Crippen LogP contribution is -2.54. The van der Waals surface area contributed by atoms with Gasteiger partial charge in [0.25, 0.3) is 0 Å². The van der Waals surface area contributed by atoms with Crippen LogP contribution in [0, 0.1) is 5.41 Å². The summed E-state index contributed by atoms with van der Waals surface area (Å²) >= 11 is 0. The summed E-state index contributed by atoms with van der Waals surface area (Å²) in [5, 5.41) is 13.5. The fourth-order valence-corrected chi connectivity index (χ4v) is 4.98. The number of aliphatic hydroxyl groups is 1. The molecule has 0 aliphatic carbocycles. The Bertz CT molecular complexity index is 348. The van der Waals surface area contributed by atoms with E-state index >= 15 is 0 Å². The standard InChI is InChI=1S/C9H18N2O3S/c10-5-8(2-4-15(13,14)7-8)9(12)1-3-11-6-9/h11-12H,1-7,10H2. The van der Waals surface area contributed by atoms with Crippen LogP contribution < -0.4 is 11.1 Å². The number of nitrogens with two attached hydrogens (primary N) is 1. The molecule has 2 aliphatic rings. The van der Waals surface area contributed by atoms with Crippen molar-refractivity contribution in [2.24, 2.45) is 11.1 Å². The molecule has 2 aliphatic heterocycles. The molecule has 2 heterocycles. The molecule has 0 aromatic carbocycles. The van der Waals surface area contributed by atoms with Gasteiger partial charge in [0.1, 0.15) is 0 Å². The number of hydrogen-bond acceptors (Lipinski definition) is 5. The van der Waals surface area contributed by atoms with Crippen LogP contribution in [0.3, 0.4) is 0 Å². The molecular formula is C9H18N2O3S. The number of β-amino-alcohol motifs (C(OH)–C–C–N with tert-alkyl or cyclic N) is 1. The summed E-state index contributed by atoms with van der Waals surface area (Å²) in [5.41, 5.74) is 4.13. The number of sulfone groups is 1. The van der Waals surface area contributed by atoms with E-state index in [-0.39, 0.29) is 18.1 Å². The second kappa shape index (κ2) is 3.41. The van der Waals surface area contributed by atoms with E-state index in [1.165, 1.54) is 0 Å². The third kappa shape index (κ3) is 1.69. The van der Waals surface area contributed by atoms with Crippen molar-refractivity contribution in [1.29, 1.82) is 0 Å². The number of hydrogen-bond donors (Lipinski definition) is 3. The Kier molecular flexibility index (Phi) is 2.57. The molecule has 0 aromatic rings. The van der Waals surface area contributed by atoms with Crippen molar-refractivity contribution in [1.82, 2.24) is 5.32 Å². The molecule has 0 spiro atoms. The Balaban J connectivity index is 2.30. The summed E-state index contributed by atoms with van der Waals surface area (Å²) in [6.45, 7) is 1.43. The van der Waals surface area contributed by atoms with Gasteiger partial charge in [-0.3, -0.25) is 0 Å². The molecule has 2 rings (SSSR count). The highest BCUT2D eigenvalue weighted by molar-refractivity contribution is 7.91. The maximum absolute atomic E-state index is 11.5. The van der Waals surface area contributed by atoms with Gasteiger partial charge in [0, 0.05) is 18.5 Å². The molecule has 15 heavy (non-hydrogen) atoms. The molecule has 2 atom stereocenters. The Morgan fingerprint density at radius 2 is 2.13 bits per heavy atom. The SMILES string of the molecule is NCC1(C2(O)CCNC2)CCS(=O)(=O)C1. The first-order valence-corrected chi connectivity index (χ1v) is 7.09. The monoisotopic (exact) mass is 234 g/mol. The van der Waals surface area contributed by atoms with Gasteiger partial charge < -0.3 is 16.2 Å². The lowest BCUT2D eigenvalue weighted by Gasteiger charge is -2.40. The summed E-state index contributed by atoms with van der Waals surface area (Å²) in [6.07, 6.45) is 1.09. The molecule has 0 bridgehead atoms. The van der Waals surface area contributed by atoms with Crippen molar-refractivity contribution < 1.29 is 13.5 Å². The first-order chi connectivity index (χ1) is 6.93. The van der Waals surface area contributed by atoms with E-state index in [2.05, 4.69) is 5.32 Å². The zero-order valence-corrected chi connectivity index (χ0v) is 9.52. The molecule has 0 saturated carbocycles. The molecule has 0 amide bonds. The van der Waals surface area contributed by atoms with Gasteiger partial charge in [-0.15, -0.1) is 0 Å². The van der Waals surface area contributed by atoms with Crippen LogP contribution in [-0.4, -0.2) is 50.3 Å². The van der Waals surface area contributed by atoms with E-state index in [1.807, 2.05) is 0 Å². The minimum Gasteiger partial charge on any atom is -0.388 e. The third-order valence-corrected chi connectivity index (χ3v) is 5.72. The van der Waals surface area contributed by atoms with Crippen molar-refractivity contribution in [3.05, 3.63) is 0 Å². The van der Waals surface area contributed by atoms with Gasteiger partial charge in [-0.2, -0.15) is 0 Å². The molecule has 4 N–H and O–H groups in total. The van der Waals surface area contributed by atoms with Crippen molar-refractivity contribution >= 4 is 9.84 Å². The van der Waals surface area contributed by atoms with E-state index in [9.17, 15) is 13.5 Å². The van der Waals surface area contributed by atoms with E-state index < -0.39 is 20.9 Å². The average molecular weight is 234 g/mol. The summed E-state index contributed by atoms with van der Waals surface area (Å²) in [7, 11) is -3.01. The Hall–Kier alpha value is -0.170. The summed E-state index contributed by atoms with van der Waals surface area (Å²) < 4.78 is 23.0. The van der Waals surface area contributed by atoms with Gasteiger partial charge in [0.05, 0.1) is 17.1 Å². The van der Waals surface area contributed by atoms with Crippen LogP contribution in [0.25, 0.3) is 0 Å². The van der Waals surface area contributed by atoms with Crippen LogP contribution >= 0.6 is 0 Å². The highest BCUT2D eigenvalue weighted by Gasteiger charge is 2.56. The summed E-state index contributed by atoms with van der Waals surface area (Å²) in [4.78, 5) is 0. The minimum atomic E-state index is -3.01. The highest BCUT2D eigenvalue weighted by atomic mass is 32.2. The van der Waals surface area contributed by atoms with Crippen LogP contribution in [-0.2, 0) is 9.84 Å². The van der Waals surface area contributed by atoms with Crippen LogP contribution in [0.2, 0.25) is 0 Å². The van der Waals surface area contributed by atoms with Gasteiger partial charge >= 0.3 is 0 Å². The molecule has 6 heteroatoms. The fourth-order valence-electron chi connectivity index (χ4n) is 2.77. The second-order valence-electron chi connectivity index (χ2n) is 4.78. The van der Waals surface area contributed by atoms with E-state index in [0.717, 1.165) is 6.54 Å². The van der Waals surface area contributed by atoms with Gasteiger partial charge in [0.2, 0.25) is 0 Å². The molecule has 88 valence electrons.